The van der Waals surface area contributed by atoms with E-state index in [1.54, 1.807) is 18.2 Å². The van der Waals surface area contributed by atoms with Crippen molar-refractivity contribution >= 4 is 33.0 Å². The molecule has 74 valence electrons. The molecule has 1 N–H and O–H groups in total. The molecule has 4 heteroatoms. The molecule has 2 rings (SSSR count). The molecular formula is C10H8ClFOS. The second-order valence-electron chi connectivity index (χ2n) is 2.98. The van der Waals surface area contributed by atoms with Crippen LogP contribution in [0.5, 0.6) is 0 Å². The van der Waals surface area contributed by atoms with Crippen molar-refractivity contribution < 1.29 is 9.50 Å². The molecule has 0 fully saturated rings. The van der Waals surface area contributed by atoms with Crippen LogP contribution in [0.25, 0.3) is 10.1 Å². The van der Waals surface area contributed by atoms with E-state index < -0.39 is 0 Å². The summed E-state index contributed by atoms with van der Waals surface area (Å²) in [6.45, 7) is -0.0222. The van der Waals surface area contributed by atoms with Gasteiger partial charge < -0.3 is 5.11 Å². The van der Waals surface area contributed by atoms with Crippen LogP contribution in [0.4, 0.5) is 4.39 Å². The SMILES string of the molecule is OCc1ccc2c(CCl)c(F)sc2c1. The molecule has 0 aliphatic carbocycles. The summed E-state index contributed by atoms with van der Waals surface area (Å²) in [5.41, 5.74) is 1.34. The molecule has 0 saturated heterocycles. The van der Waals surface area contributed by atoms with Gasteiger partial charge in [-0.2, -0.15) is 4.39 Å². The fourth-order valence-corrected chi connectivity index (χ4v) is 2.74. The monoisotopic (exact) mass is 230 g/mol. The quantitative estimate of drug-likeness (QED) is 0.786. The molecule has 0 bridgehead atoms. The Hall–Kier alpha value is -0.640. The van der Waals surface area contributed by atoms with Crippen molar-refractivity contribution in [3.8, 4) is 0 Å². The number of hydrogen-bond donors (Lipinski definition) is 1. The number of benzene rings is 1. The highest BCUT2D eigenvalue weighted by molar-refractivity contribution is 7.17. The van der Waals surface area contributed by atoms with Gasteiger partial charge in [0.1, 0.15) is 0 Å². The van der Waals surface area contributed by atoms with E-state index in [2.05, 4.69) is 0 Å². The molecule has 0 spiro atoms. The summed E-state index contributed by atoms with van der Waals surface area (Å²) in [4.78, 5) is 0. The van der Waals surface area contributed by atoms with E-state index in [9.17, 15) is 4.39 Å². The van der Waals surface area contributed by atoms with Crippen molar-refractivity contribution in [2.24, 2.45) is 0 Å². The fraction of sp³-hybridized carbons (Fsp3) is 0.200. The molecule has 0 amide bonds. The zero-order valence-electron chi connectivity index (χ0n) is 7.26. The normalized spacial score (nSPS) is 11.1. The molecule has 0 unspecified atom stereocenters. The smallest absolute Gasteiger partial charge is 0.182 e. The average molecular weight is 231 g/mol. The lowest BCUT2D eigenvalue weighted by Gasteiger charge is -1.96. The number of fused-ring (bicyclic) bond motifs is 1. The van der Waals surface area contributed by atoms with Crippen molar-refractivity contribution in [1.82, 2.24) is 0 Å². The van der Waals surface area contributed by atoms with E-state index in [4.69, 9.17) is 16.7 Å². The second kappa shape index (κ2) is 3.85. The predicted molar refractivity (Wildman–Crippen MR) is 57.3 cm³/mol. The highest BCUT2D eigenvalue weighted by Crippen LogP contribution is 2.31. The Balaban J connectivity index is 2.68. The van der Waals surface area contributed by atoms with Gasteiger partial charge in [-0.25, -0.2) is 0 Å². The third kappa shape index (κ3) is 1.52. The van der Waals surface area contributed by atoms with E-state index in [1.807, 2.05) is 0 Å². The Morgan fingerprint density at radius 2 is 2.21 bits per heavy atom. The number of halogens is 2. The van der Waals surface area contributed by atoms with Crippen LogP contribution in [0.1, 0.15) is 11.1 Å². The molecule has 0 aliphatic rings. The Bertz CT molecular complexity index is 466. The molecule has 14 heavy (non-hydrogen) atoms. The lowest BCUT2D eigenvalue weighted by Crippen LogP contribution is -1.82. The summed E-state index contributed by atoms with van der Waals surface area (Å²) < 4.78 is 14.1. The molecule has 0 atom stereocenters. The fourth-order valence-electron chi connectivity index (χ4n) is 1.39. The molecule has 1 heterocycles. The summed E-state index contributed by atoms with van der Waals surface area (Å²) in [5.74, 6) is 0.185. The average Bonchev–Trinajstić information content (AvgIpc) is 2.51. The van der Waals surface area contributed by atoms with Gasteiger partial charge >= 0.3 is 0 Å². The first-order valence-corrected chi connectivity index (χ1v) is 5.48. The Kier molecular flexibility index (Phi) is 2.72. The number of hydrogen-bond acceptors (Lipinski definition) is 2. The van der Waals surface area contributed by atoms with E-state index in [0.717, 1.165) is 27.0 Å². The van der Waals surface area contributed by atoms with Gasteiger partial charge in [0.25, 0.3) is 0 Å². The van der Waals surface area contributed by atoms with Crippen LogP contribution >= 0.6 is 22.9 Å². The largest absolute Gasteiger partial charge is 0.392 e. The first-order valence-electron chi connectivity index (χ1n) is 4.13. The number of aliphatic hydroxyl groups excluding tert-OH is 1. The molecule has 0 saturated carbocycles. The van der Waals surface area contributed by atoms with Gasteiger partial charge in [0.2, 0.25) is 0 Å². The first kappa shape index (κ1) is 9.90. The topological polar surface area (TPSA) is 20.2 Å². The van der Waals surface area contributed by atoms with Crippen molar-refractivity contribution in [1.29, 1.82) is 0 Å². The van der Waals surface area contributed by atoms with Crippen molar-refractivity contribution in [3.63, 3.8) is 0 Å². The highest BCUT2D eigenvalue weighted by Gasteiger charge is 2.10. The van der Waals surface area contributed by atoms with Gasteiger partial charge in [-0.15, -0.1) is 22.9 Å². The standard InChI is InChI=1S/C10H8ClFOS/c11-4-8-7-2-1-6(5-13)3-9(7)14-10(8)12/h1-3,13H,4-5H2. The minimum atomic E-state index is -0.231. The number of rotatable bonds is 2. The molecule has 1 aromatic heterocycles. The molecule has 0 radical (unpaired) electrons. The molecular weight excluding hydrogens is 223 g/mol. The van der Waals surface area contributed by atoms with Crippen LogP contribution in [-0.2, 0) is 12.5 Å². The van der Waals surface area contributed by atoms with Crippen molar-refractivity contribution in [2.45, 2.75) is 12.5 Å². The lowest BCUT2D eigenvalue weighted by atomic mass is 10.1. The minimum Gasteiger partial charge on any atom is -0.392 e. The highest BCUT2D eigenvalue weighted by atomic mass is 35.5. The summed E-state index contributed by atoms with van der Waals surface area (Å²) in [6, 6.07) is 5.38. The van der Waals surface area contributed by atoms with Crippen LogP contribution in [0.3, 0.4) is 0 Å². The van der Waals surface area contributed by atoms with Gasteiger partial charge in [0, 0.05) is 10.3 Å². The lowest BCUT2D eigenvalue weighted by molar-refractivity contribution is 0.282. The van der Waals surface area contributed by atoms with Gasteiger partial charge in [-0.05, 0) is 17.0 Å². The van der Waals surface area contributed by atoms with Gasteiger partial charge in [0.15, 0.2) is 5.13 Å². The third-order valence-corrected chi connectivity index (χ3v) is 3.37. The predicted octanol–water partition coefficient (Wildman–Crippen LogP) is 3.27. The third-order valence-electron chi connectivity index (χ3n) is 2.12. The zero-order chi connectivity index (χ0) is 10.1. The van der Waals surface area contributed by atoms with E-state index >= 15 is 0 Å². The number of aliphatic hydroxyl groups is 1. The number of alkyl halides is 1. The van der Waals surface area contributed by atoms with Crippen molar-refractivity contribution in [3.05, 3.63) is 34.5 Å². The maximum atomic E-state index is 13.3. The number of thiophene rings is 1. The first-order chi connectivity index (χ1) is 6.76. The van der Waals surface area contributed by atoms with Crippen LogP contribution < -0.4 is 0 Å². The Labute approximate surface area is 89.7 Å². The van der Waals surface area contributed by atoms with Crippen LogP contribution in [0.2, 0.25) is 0 Å². The summed E-state index contributed by atoms with van der Waals surface area (Å²) in [7, 11) is 0. The minimum absolute atomic E-state index is 0.0222. The Morgan fingerprint density at radius 1 is 1.43 bits per heavy atom. The van der Waals surface area contributed by atoms with E-state index in [-0.39, 0.29) is 17.6 Å². The van der Waals surface area contributed by atoms with Crippen molar-refractivity contribution in [2.75, 3.05) is 0 Å². The zero-order valence-corrected chi connectivity index (χ0v) is 8.83. The second-order valence-corrected chi connectivity index (χ2v) is 4.25. The molecule has 2 aromatic rings. The van der Waals surface area contributed by atoms with Gasteiger partial charge in [0.05, 0.1) is 12.5 Å². The van der Waals surface area contributed by atoms with E-state index in [1.165, 1.54) is 0 Å². The van der Waals surface area contributed by atoms with Crippen LogP contribution in [-0.4, -0.2) is 5.11 Å². The maximum absolute atomic E-state index is 13.3. The van der Waals surface area contributed by atoms with Gasteiger partial charge in [-0.1, -0.05) is 12.1 Å². The molecule has 1 aromatic carbocycles. The summed E-state index contributed by atoms with van der Waals surface area (Å²) in [5, 5.41) is 9.53. The Morgan fingerprint density at radius 3 is 2.86 bits per heavy atom. The van der Waals surface area contributed by atoms with Gasteiger partial charge in [-0.3, -0.25) is 0 Å². The maximum Gasteiger partial charge on any atom is 0.182 e. The van der Waals surface area contributed by atoms with E-state index in [0.29, 0.717) is 5.56 Å². The molecule has 0 aliphatic heterocycles. The van der Waals surface area contributed by atoms with Crippen LogP contribution in [0.15, 0.2) is 18.2 Å². The molecule has 1 nitrogen and oxygen atoms in total. The van der Waals surface area contributed by atoms with Crippen LogP contribution in [0, 0.1) is 5.13 Å². The summed E-state index contributed by atoms with van der Waals surface area (Å²) in [6.07, 6.45) is 0. The summed E-state index contributed by atoms with van der Waals surface area (Å²) >= 11 is 6.71.